The Morgan fingerprint density at radius 1 is 1.03 bits per heavy atom. The molecular weight excluding hydrogens is 392 g/mol. The first-order valence-electron chi connectivity index (χ1n) is 10.5. The molecule has 31 heavy (non-hydrogen) atoms. The zero-order valence-corrected chi connectivity index (χ0v) is 18.3. The topological polar surface area (TPSA) is 78.3 Å². The molecule has 1 N–H and O–H groups in total. The molecule has 0 fully saturated rings. The number of ether oxygens (including phenoxy) is 2. The van der Waals surface area contributed by atoms with Crippen molar-refractivity contribution in [2.24, 2.45) is 5.92 Å². The Morgan fingerprint density at radius 3 is 2.45 bits per heavy atom. The molecule has 0 saturated heterocycles. The lowest BCUT2D eigenvalue weighted by molar-refractivity contribution is -0.122. The number of rotatable bonds is 11. The van der Waals surface area contributed by atoms with Gasteiger partial charge in [-0.05, 0) is 35.6 Å². The number of aryl methyl sites for hydroxylation is 1. The van der Waals surface area contributed by atoms with Crippen LogP contribution in [0.15, 0.2) is 60.9 Å². The minimum atomic E-state index is -0.0273. The van der Waals surface area contributed by atoms with Crippen LogP contribution >= 0.6 is 0 Å². The lowest BCUT2D eigenvalue weighted by Gasteiger charge is -2.22. The minimum absolute atomic E-state index is 0.00780. The highest BCUT2D eigenvalue weighted by molar-refractivity contribution is 5.76. The molecule has 1 aromatic heterocycles. The predicted octanol–water partition coefficient (Wildman–Crippen LogP) is 3.64. The van der Waals surface area contributed by atoms with Crippen LogP contribution in [0.2, 0.25) is 0 Å². The van der Waals surface area contributed by atoms with Crippen molar-refractivity contribution in [3.05, 3.63) is 72.1 Å². The number of carbonyl (C=O) groups is 1. The first kappa shape index (κ1) is 22.3. The van der Waals surface area contributed by atoms with Gasteiger partial charge in [0.15, 0.2) is 11.5 Å². The van der Waals surface area contributed by atoms with E-state index in [9.17, 15) is 4.79 Å². The molecular formula is C24H30N4O3. The van der Waals surface area contributed by atoms with Crippen LogP contribution in [0.3, 0.4) is 0 Å². The van der Waals surface area contributed by atoms with Crippen molar-refractivity contribution in [3.8, 4) is 11.5 Å². The number of nitrogens with zero attached hydrogens (tertiary/aromatic N) is 3. The smallest absolute Gasteiger partial charge is 0.220 e. The molecule has 2 aromatic carbocycles. The van der Waals surface area contributed by atoms with Gasteiger partial charge in [-0.15, -0.1) is 0 Å². The Morgan fingerprint density at radius 2 is 1.77 bits per heavy atom. The molecule has 3 rings (SSSR count). The molecule has 1 unspecified atom stereocenters. The second-order valence-corrected chi connectivity index (χ2v) is 7.76. The van der Waals surface area contributed by atoms with Crippen molar-refractivity contribution >= 4 is 5.91 Å². The molecule has 0 bridgehead atoms. The highest BCUT2D eigenvalue weighted by Crippen LogP contribution is 2.29. The summed E-state index contributed by atoms with van der Waals surface area (Å²) >= 11 is 0. The van der Waals surface area contributed by atoms with E-state index in [1.807, 2.05) is 48.5 Å². The molecule has 1 amide bonds. The number of aromatic nitrogens is 3. The maximum Gasteiger partial charge on any atom is 0.220 e. The summed E-state index contributed by atoms with van der Waals surface area (Å²) in [6.07, 6.45) is 4.28. The molecule has 7 heteroatoms. The van der Waals surface area contributed by atoms with Gasteiger partial charge in [-0.2, -0.15) is 15.0 Å². The lowest BCUT2D eigenvalue weighted by Crippen LogP contribution is -2.42. The second-order valence-electron chi connectivity index (χ2n) is 7.76. The average Bonchev–Trinajstić information content (AvgIpc) is 3.29. The van der Waals surface area contributed by atoms with Gasteiger partial charge in [0.05, 0.1) is 32.1 Å². The Labute approximate surface area is 183 Å². The third-order valence-corrected chi connectivity index (χ3v) is 5.08. The van der Waals surface area contributed by atoms with Gasteiger partial charge < -0.3 is 14.8 Å². The SMILES string of the molecule is COc1ccc(CCC(=O)NC(Cn2nccn2)C(C)C)cc1OCc1ccccc1. The first-order chi connectivity index (χ1) is 15.0. The fourth-order valence-electron chi connectivity index (χ4n) is 3.20. The number of methoxy groups -OCH3 is 1. The van der Waals surface area contributed by atoms with Gasteiger partial charge >= 0.3 is 0 Å². The third-order valence-electron chi connectivity index (χ3n) is 5.08. The van der Waals surface area contributed by atoms with Crippen LogP contribution in [-0.2, 0) is 24.4 Å². The maximum atomic E-state index is 12.6. The fraction of sp³-hybridized carbons (Fsp3) is 0.375. The van der Waals surface area contributed by atoms with Crippen LogP contribution in [0, 0.1) is 5.92 Å². The Balaban J connectivity index is 1.56. The van der Waals surface area contributed by atoms with Gasteiger partial charge in [0.1, 0.15) is 6.61 Å². The second kappa shape index (κ2) is 11.2. The number of nitrogens with one attached hydrogen (secondary N) is 1. The molecule has 0 aliphatic heterocycles. The summed E-state index contributed by atoms with van der Waals surface area (Å²) < 4.78 is 11.4. The van der Waals surface area contributed by atoms with Crippen molar-refractivity contribution in [2.75, 3.05) is 7.11 Å². The van der Waals surface area contributed by atoms with E-state index in [-0.39, 0.29) is 17.9 Å². The van der Waals surface area contributed by atoms with E-state index < -0.39 is 0 Å². The van der Waals surface area contributed by atoms with Crippen molar-refractivity contribution < 1.29 is 14.3 Å². The summed E-state index contributed by atoms with van der Waals surface area (Å²) in [4.78, 5) is 14.2. The van der Waals surface area contributed by atoms with E-state index >= 15 is 0 Å². The van der Waals surface area contributed by atoms with E-state index in [2.05, 4.69) is 29.4 Å². The van der Waals surface area contributed by atoms with Crippen LogP contribution in [-0.4, -0.2) is 34.1 Å². The quantitative estimate of drug-likeness (QED) is 0.510. The van der Waals surface area contributed by atoms with Crippen molar-refractivity contribution in [3.63, 3.8) is 0 Å². The molecule has 0 saturated carbocycles. The summed E-state index contributed by atoms with van der Waals surface area (Å²) in [6.45, 7) is 5.16. The van der Waals surface area contributed by atoms with Crippen LogP contribution < -0.4 is 14.8 Å². The van der Waals surface area contributed by atoms with E-state index in [1.165, 1.54) is 0 Å². The van der Waals surface area contributed by atoms with Gasteiger partial charge in [0.25, 0.3) is 0 Å². The lowest BCUT2D eigenvalue weighted by atomic mass is 10.0. The molecule has 1 atom stereocenters. The van der Waals surface area contributed by atoms with Crippen LogP contribution in [0.5, 0.6) is 11.5 Å². The van der Waals surface area contributed by atoms with Gasteiger partial charge in [0, 0.05) is 6.42 Å². The van der Waals surface area contributed by atoms with E-state index in [0.29, 0.717) is 37.5 Å². The van der Waals surface area contributed by atoms with Crippen molar-refractivity contribution in [1.29, 1.82) is 0 Å². The van der Waals surface area contributed by atoms with Crippen LogP contribution in [0.25, 0.3) is 0 Å². The number of hydrogen-bond acceptors (Lipinski definition) is 5. The number of benzene rings is 2. The Kier molecular flexibility index (Phi) is 8.04. The van der Waals surface area contributed by atoms with Gasteiger partial charge in [-0.1, -0.05) is 50.2 Å². The molecule has 0 spiro atoms. The summed E-state index contributed by atoms with van der Waals surface area (Å²) in [6, 6.07) is 15.8. The van der Waals surface area contributed by atoms with Crippen LogP contribution in [0.1, 0.15) is 31.4 Å². The zero-order chi connectivity index (χ0) is 22.1. The average molecular weight is 423 g/mol. The molecule has 0 aliphatic carbocycles. The molecule has 164 valence electrons. The Hall–Kier alpha value is -3.35. The summed E-state index contributed by atoms with van der Waals surface area (Å²) in [5.74, 6) is 1.63. The third kappa shape index (κ3) is 6.84. The summed E-state index contributed by atoms with van der Waals surface area (Å²) in [7, 11) is 1.62. The van der Waals surface area contributed by atoms with Gasteiger partial charge in [0.2, 0.25) is 5.91 Å². The van der Waals surface area contributed by atoms with Crippen molar-refractivity contribution in [2.45, 2.75) is 45.9 Å². The normalized spacial score (nSPS) is 11.9. The largest absolute Gasteiger partial charge is 0.493 e. The van der Waals surface area contributed by atoms with E-state index in [4.69, 9.17) is 9.47 Å². The van der Waals surface area contributed by atoms with Crippen LogP contribution in [0.4, 0.5) is 0 Å². The van der Waals surface area contributed by atoms with E-state index in [0.717, 1.165) is 11.1 Å². The monoisotopic (exact) mass is 422 g/mol. The first-order valence-corrected chi connectivity index (χ1v) is 10.5. The maximum absolute atomic E-state index is 12.6. The fourth-order valence-corrected chi connectivity index (χ4v) is 3.20. The highest BCUT2D eigenvalue weighted by Gasteiger charge is 2.18. The molecule has 0 radical (unpaired) electrons. The standard InChI is InChI=1S/C24H30N4O3/c1-18(2)21(16-28-25-13-14-26-28)27-24(29)12-10-19-9-11-22(30-3)23(15-19)31-17-20-7-5-4-6-8-20/h4-9,11,13-15,18,21H,10,12,16-17H2,1-3H3,(H,27,29). The van der Waals surface area contributed by atoms with Gasteiger partial charge in [-0.25, -0.2) is 0 Å². The number of carbonyl (C=O) groups excluding carboxylic acids is 1. The number of amides is 1. The molecule has 0 aliphatic rings. The summed E-state index contributed by atoms with van der Waals surface area (Å²) in [5.41, 5.74) is 2.11. The predicted molar refractivity (Wildman–Crippen MR) is 119 cm³/mol. The minimum Gasteiger partial charge on any atom is -0.493 e. The summed E-state index contributed by atoms with van der Waals surface area (Å²) in [5, 5.41) is 11.4. The zero-order valence-electron chi connectivity index (χ0n) is 18.3. The molecule has 3 aromatic rings. The molecule has 1 heterocycles. The Bertz CT molecular complexity index is 943. The highest BCUT2D eigenvalue weighted by atomic mass is 16.5. The molecule has 7 nitrogen and oxygen atoms in total. The van der Waals surface area contributed by atoms with Crippen molar-refractivity contribution in [1.82, 2.24) is 20.3 Å². The van der Waals surface area contributed by atoms with E-state index in [1.54, 1.807) is 24.3 Å². The number of hydrogen-bond donors (Lipinski definition) is 1. The van der Waals surface area contributed by atoms with Gasteiger partial charge in [-0.3, -0.25) is 4.79 Å².